The summed E-state index contributed by atoms with van der Waals surface area (Å²) in [5, 5.41) is 3.50. The van der Waals surface area contributed by atoms with Crippen molar-refractivity contribution in [3.8, 4) is 5.75 Å². The quantitative estimate of drug-likeness (QED) is 0.670. The van der Waals surface area contributed by atoms with Crippen molar-refractivity contribution in [3.63, 3.8) is 0 Å². The van der Waals surface area contributed by atoms with Crippen LogP contribution in [0.2, 0.25) is 0 Å². The number of hydrogen-bond acceptors (Lipinski definition) is 5. The fourth-order valence-corrected chi connectivity index (χ4v) is 4.29. The summed E-state index contributed by atoms with van der Waals surface area (Å²) in [6, 6.07) is 14.0. The third-order valence-corrected chi connectivity index (χ3v) is 5.96. The summed E-state index contributed by atoms with van der Waals surface area (Å²) < 4.78 is 7.28. The van der Waals surface area contributed by atoms with Crippen molar-refractivity contribution in [2.24, 2.45) is 0 Å². The summed E-state index contributed by atoms with van der Waals surface area (Å²) in [7, 11) is 3.81. The zero-order valence-corrected chi connectivity index (χ0v) is 17.5. The van der Waals surface area contributed by atoms with Gasteiger partial charge in [0.25, 0.3) is 5.56 Å². The molecule has 0 bridgehead atoms. The second kappa shape index (κ2) is 7.93. The van der Waals surface area contributed by atoms with Crippen LogP contribution in [-0.2, 0) is 0 Å². The molecule has 1 saturated heterocycles. The van der Waals surface area contributed by atoms with E-state index in [1.165, 1.54) is 5.56 Å². The molecule has 4 rings (SSSR count). The predicted octanol–water partition coefficient (Wildman–Crippen LogP) is 3.37. The van der Waals surface area contributed by atoms with Gasteiger partial charge in [-0.3, -0.25) is 9.20 Å². The van der Waals surface area contributed by atoms with Gasteiger partial charge in [0.15, 0.2) is 0 Å². The minimum atomic E-state index is -0.107. The lowest BCUT2D eigenvalue weighted by Crippen LogP contribution is -2.43. The smallest absolute Gasteiger partial charge is 0.274 e. The van der Waals surface area contributed by atoms with Gasteiger partial charge in [0, 0.05) is 25.3 Å². The van der Waals surface area contributed by atoms with Crippen LogP contribution in [0.15, 0.2) is 57.9 Å². The summed E-state index contributed by atoms with van der Waals surface area (Å²) in [6.07, 6.45) is 2.70. The van der Waals surface area contributed by atoms with Gasteiger partial charge in [-0.2, -0.15) is 0 Å². The molecule has 1 aliphatic rings. The van der Waals surface area contributed by atoms with Gasteiger partial charge in [0.05, 0.1) is 7.11 Å². The number of nitrogens with zero attached hydrogens (tertiary/aromatic N) is 3. The van der Waals surface area contributed by atoms with Crippen LogP contribution >= 0.6 is 15.9 Å². The van der Waals surface area contributed by atoms with Crippen molar-refractivity contribution in [3.05, 3.63) is 69.1 Å². The molecular weight excluding hydrogens is 420 g/mol. The van der Waals surface area contributed by atoms with E-state index in [1.54, 1.807) is 17.7 Å². The number of aromatic nitrogens is 2. The molecule has 0 spiro atoms. The van der Waals surface area contributed by atoms with Gasteiger partial charge in [-0.15, -0.1) is 0 Å². The van der Waals surface area contributed by atoms with Crippen molar-refractivity contribution in [1.29, 1.82) is 0 Å². The number of pyridine rings is 1. The second-order valence-corrected chi connectivity index (χ2v) is 8.07. The van der Waals surface area contributed by atoms with E-state index in [0.29, 0.717) is 21.9 Å². The van der Waals surface area contributed by atoms with Gasteiger partial charge in [0.2, 0.25) is 0 Å². The predicted molar refractivity (Wildman–Crippen MR) is 114 cm³/mol. The molecule has 1 aromatic carbocycles. The molecule has 28 heavy (non-hydrogen) atoms. The maximum absolute atomic E-state index is 12.6. The van der Waals surface area contributed by atoms with E-state index in [2.05, 4.69) is 50.3 Å². The molecule has 0 radical (unpaired) electrons. The third-order valence-electron chi connectivity index (χ3n) is 5.24. The van der Waals surface area contributed by atoms with Gasteiger partial charge in [-0.1, -0.05) is 18.2 Å². The number of fused-ring (bicyclic) bond motifs is 1. The van der Waals surface area contributed by atoms with Gasteiger partial charge < -0.3 is 15.0 Å². The van der Waals surface area contributed by atoms with E-state index < -0.39 is 0 Å². The lowest BCUT2D eigenvalue weighted by atomic mass is 9.88. The molecule has 7 heteroatoms. The molecule has 1 aliphatic heterocycles. The largest absolute Gasteiger partial charge is 0.497 e. The maximum atomic E-state index is 12.6. The van der Waals surface area contributed by atoms with Crippen LogP contribution in [0.4, 0.5) is 5.82 Å². The molecule has 1 fully saturated rings. The first kappa shape index (κ1) is 19.0. The lowest BCUT2D eigenvalue weighted by Gasteiger charge is -2.36. The summed E-state index contributed by atoms with van der Waals surface area (Å²) >= 11 is 3.43. The Bertz CT molecular complexity index is 1030. The Kier molecular flexibility index (Phi) is 5.37. The lowest BCUT2D eigenvalue weighted by molar-refractivity contribution is 0.235. The normalized spacial score (nSPS) is 20.2. The van der Waals surface area contributed by atoms with Crippen LogP contribution in [0, 0.1) is 0 Å². The average Bonchev–Trinajstić information content (AvgIpc) is 2.71. The number of ether oxygens (including phenoxy) is 1. The summed E-state index contributed by atoms with van der Waals surface area (Å²) in [4.78, 5) is 19.6. The van der Waals surface area contributed by atoms with Crippen LogP contribution in [0.5, 0.6) is 5.75 Å². The first-order chi connectivity index (χ1) is 13.5. The number of halogens is 1. The Hall–Kier alpha value is -2.38. The van der Waals surface area contributed by atoms with Gasteiger partial charge in [-0.05, 0) is 65.1 Å². The molecule has 0 saturated carbocycles. The van der Waals surface area contributed by atoms with E-state index in [9.17, 15) is 4.79 Å². The number of rotatable bonds is 4. The fraction of sp³-hybridized carbons (Fsp3) is 0.333. The average molecular weight is 443 g/mol. The van der Waals surface area contributed by atoms with Crippen molar-refractivity contribution < 1.29 is 4.74 Å². The molecule has 3 aromatic rings. The Labute approximate surface area is 172 Å². The topological polar surface area (TPSA) is 58.9 Å². The van der Waals surface area contributed by atoms with E-state index in [1.807, 2.05) is 30.3 Å². The zero-order valence-electron chi connectivity index (χ0n) is 15.9. The van der Waals surface area contributed by atoms with E-state index >= 15 is 0 Å². The first-order valence-corrected chi connectivity index (χ1v) is 10.1. The Morgan fingerprint density at radius 1 is 1.18 bits per heavy atom. The van der Waals surface area contributed by atoms with Gasteiger partial charge >= 0.3 is 0 Å². The van der Waals surface area contributed by atoms with E-state index in [-0.39, 0.29) is 11.6 Å². The van der Waals surface area contributed by atoms with Crippen LogP contribution < -0.4 is 15.6 Å². The second-order valence-electron chi connectivity index (χ2n) is 7.28. The molecule has 1 N–H and O–H groups in total. The van der Waals surface area contributed by atoms with E-state index in [0.717, 1.165) is 25.3 Å². The summed E-state index contributed by atoms with van der Waals surface area (Å²) in [5.74, 6) is 1.87. The van der Waals surface area contributed by atoms with Gasteiger partial charge in [0.1, 0.15) is 21.7 Å². The number of likely N-dealkylation sites (tertiary alicyclic amines) is 1. The van der Waals surface area contributed by atoms with Crippen LogP contribution in [0.25, 0.3) is 5.65 Å². The fourth-order valence-electron chi connectivity index (χ4n) is 3.90. The highest BCUT2D eigenvalue weighted by molar-refractivity contribution is 9.10. The third kappa shape index (κ3) is 3.77. The SMILES string of the molecule is COc1ccc(C2CC(Nc3nc4ccccn4c(=O)c3Br)CN(C)C2)cc1. The minimum Gasteiger partial charge on any atom is -0.497 e. The number of benzene rings is 1. The van der Waals surface area contributed by atoms with Crippen molar-refractivity contribution in [2.75, 3.05) is 32.6 Å². The van der Waals surface area contributed by atoms with Crippen LogP contribution in [0.3, 0.4) is 0 Å². The first-order valence-electron chi connectivity index (χ1n) is 9.31. The van der Waals surface area contributed by atoms with Crippen molar-refractivity contribution in [1.82, 2.24) is 14.3 Å². The van der Waals surface area contributed by atoms with E-state index in [4.69, 9.17) is 4.74 Å². The molecule has 2 aromatic heterocycles. The standard InChI is InChI=1S/C21H23BrN4O2/c1-25-12-15(14-6-8-17(28-2)9-7-14)11-16(13-25)23-20-19(22)21(27)26-10-4-3-5-18(26)24-20/h3-10,15-16,23H,11-13H2,1-2H3. The number of methoxy groups -OCH3 is 1. The molecule has 146 valence electrons. The number of likely N-dealkylation sites (N-methyl/N-ethyl adjacent to an activating group) is 1. The maximum Gasteiger partial charge on any atom is 0.274 e. The molecule has 0 aliphatic carbocycles. The minimum absolute atomic E-state index is 0.107. The Morgan fingerprint density at radius 2 is 1.96 bits per heavy atom. The summed E-state index contributed by atoms with van der Waals surface area (Å²) in [5.41, 5.74) is 1.82. The van der Waals surface area contributed by atoms with Crippen LogP contribution in [0.1, 0.15) is 17.9 Å². The van der Waals surface area contributed by atoms with Crippen molar-refractivity contribution in [2.45, 2.75) is 18.4 Å². The van der Waals surface area contributed by atoms with Gasteiger partial charge in [-0.25, -0.2) is 4.98 Å². The number of piperidine rings is 1. The zero-order chi connectivity index (χ0) is 19.7. The summed E-state index contributed by atoms with van der Waals surface area (Å²) in [6.45, 7) is 1.90. The number of hydrogen-bond donors (Lipinski definition) is 1. The number of anilines is 1. The monoisotopic (exact) mass is 442 g/mol. The highest BCUT2D eigenvalue weighted by atomic mass is 79.9. The van der Waals surface area contributed by atoms with Crippen molar-refractivity contribution >= 4 is 27.4 Å². The highest BCUT2D eigenvalue weighted by Crippen LogP contribution is 2.30. The molecule has 6 nitrogen and oxygen atoms in total. The Morgan fingerprint density at radius 3 is 2.71 bits per heavy atom. The molecule has 2 unspecified atom stereocenters. The highest BCUT2D eigenvalue weighted by Gasteiger charge is 2.27. The molecular formula is C21H23BrN4O2. The number of nitrogens with one attached hydrogen (secondary N) is 1. The molecule has 3 heterocycles. The van der Waals surface area contributed by atoms with Crippen LogP contribution in [-0.4, -0.2) is 47.6 Å². The Balaban J connectivity index is 1.58. The molecule has 0 amide bonds. The molecule has 2 atom stereocenters.